The van der Waals surface area contributed by atoms with Crippen molar-refractivity contribution >= 4 is 11.6 Å². The molecule has 1 aromatic rings. The van der Waals surface area contributed by atoms with Crippen molar-refractivity contribution in [2.24, 2.45) is 0 Å². The van der Waals surface area contributed by atoms with Gasteiger partial charge in [0.25, 0.3) is 0 Å². The van der Waals surface area contributed by atoms with E-state index in [0.717, 1.165) is 22.4 Å². The van der Waals surface area contributed by atoms with Crippen LogP contribution in [0.15, 0.2) is 6.07 Å². The van der Waals surface area contributed by atoms with Crippen LogP contribution in [0.1, 0.15) is 30.5 Å². The summed E-state index contributed by atoms with van der Waals surface area (Å²) in [5, 5.41) is 10.6. The standard InChI is InChI=1S/C12H17ClO2/c1-7-9(12(3,4)14)6-10(13)8(2)11(7)15-5/h6,14H,1-5H3. The van der Waals surface area contributed by atoms with E-state index in [2.05, 4.69) is 0 Å². The topological polar surface area (TPSA) is 29.5 Å². The van der Waals surface area contributed by atoms with Gasteiger partial charge in [-0.2, -0.15) is 0 Å². The number of hydrogen-bond donors (Lipinski definition) is 1. The van der Waals surface area contributed by atoms with Crippen LogP contribution in [0.2, 0.25) is 5.02 Å². The molecule has 0 amide bonds. The number of hydrogen-bond acceptors (Lipinski definition) is 2. The molecule has 0 atom stereocenters. The van der Waals surface area contributed by atoms with Gasteiger partial charge in [-0.3, -0.25) is 0 Å². The summed E-state index contributed by atoms with van der Waals surface area (Å²) in [6.07, 6.45) is 0. The van der Waals surface area contributed by atoms with Crippen LogP contribution in [-0.2, 0) is 5.60 Å². The van der Waals surface area contributed by atoms with Gasteiger partial charge in [-0.25, -0.2) is 0 Å². The quantitative estimate of drug-likeness (QED) is 0.843. The Kier molecular flexibility index (Phi) is 3.31. The van der Waals surface area contributed by atoms with Gasteiger partial charge in [-0.1, -0.05) is 11.6 Å². The molecule has 15 heavy (non-hydrogen) atoms. The summed E-state index contributed by atoms with van der Waals surface area (Å²) in [6.45, 7) is 7.30. The van der Waals surface area contributed by atoms with Crippen molar-refractivity contribution in [1.82, 2.24) is 0 Å². The van der Waals surface area contributed by atoms with E-state index in [9.17, 15) is 5.11 Å². The van der Waals surface area contributed by atoms with Gasteiger partial charge in [-0.15, -0.1) is 0 Å². The van der Waals surface area contributed by atoms with E-state index in [0.29, 0.717) is 5.02 Å². The molecule has 0 saturated heterocycles. The molecule has 0 aliphatic rings. The van der Waals surface area contributed by atoms with Crippen LogP contribution in [0.4, 0.5) is 0 Å². The zero-order chi connectivity index (χ0) is 11.8. The molecule has 0 aliphatic heterocycles. The Morgan fingerprint density at radius 2 is 1.80 bits per heavy atom. The molecular weight excluding hydrogens is 212 g/mol. The molecule has 1 rings (SSSR count). The SMILES string of the molecule is COc1c(C)c(Cl)cc(C(C)(C)O)c1C. The van der Waals surface area contributed by atoms with Crippen molar-refractivity contribution in [3.8, 4) is 5.75 Å². The number of ether oxygens (including phenoxy) is 1. The first-order valence-corrected chi connectivity index (χ1v) is 5.23. The number of halogens is 1. The summed E-state index contributed by atoms with van der Waals surface area (Å²) in [4.78, 5) is 0. The molecule has 84 valence electrons. The van der Waals surface area contributed by atoms with Crippen molar-refractivity contribution in [3.05, 3.63) is 27.8 Å². The summed E-state index contributed by atoms with van der Waals surface area (Å²) in [7, 11) is 1.61. The van der Waals surface area contributed by atoms with E-state index in [1.54, 1.807) is 27.0 Å². The van der Waals surface area contributed by atoms with Crippen molar-refractivity contribution in [2.45, 2.75) is 33.3 Å². The maximum atomic E-state index is 9.99. The highest BCUT2D eigenvalue weighted by Gasteiger charge is 2.22. The highest BCUT2D eigenvalue weighted by molar-refractivity contribution is 6.31. The third-order valence-electron chi connectivity index (χ3n) is 2.58. The monoisotopic (exact) mass is 228 g/mol. The van der Waals surface area contributed by atoms with Crippen LogP contribution in [0.3, 0.4) is 0 Å². The minimum absolute atomic E-state index is 0.620. The van der Waals surface area contributed by atoms with Crippen molar-refractivity contribution < 1.29 is 9.84 Å². The van der Waals surface area contributed by atoms with Gasteiger partial charge >= 0.3 is 0 Å². The second-order valence-electron chi connectivity index (χ2n) is 4.25. The van der Waals surface area contributed by atoms with Crippen LogP contribution < -0.4 is 4.74 Å². The van der Waals surface area contributed by atoms with E-state index >= 15 is 0 Å². The van der Waals surface area contributed by atoms with Gasteiger partial charge in [0, 0.05) is 10.6 Å². The zero-order valence-corrected chi connectivity index (χ0v) is 10.6. The molecule has 0 aromatic heterocycles. The smallest absolute Gasteiger partial charge is 0.126 e. The number of aliphatic hydroxyl groups is 1. The Bertz CT molecular complexity index is 378. The largest absolute Gasteiger partial charge is 0.496 e. The molecule has 0 fully saturated rings. The fraction of sp³-hybridized carbons (Fsp3) is 0.500. The average Bonchev–Trinajstić information content (AvgIpc) is 2.10. The summed E-state index contributed by atoms with van der Waals surface area (Å²) < 4.78 is 5.30. The average molecular weight is 229 g/mol. The van der Waals surface area contributed by atoms with Gasteiger partial charge in [-0.05, 0) is 44.9 Å². The first-order valence-electron chi connectivity index (χ1n) is 4.85. The van der Waals surface area contributed by atoms with E-state index in [-0.39, 0.29) is 0 Å². The zero-order valence-electron chi connectivity index (χ0n) is 9.81. The van der Waals surface area contributed by atoms with Gasteiger partial charge in [0.15, 0.2) is 0 Å². The molecule has 0 unspecified atom stereocenters. The molecule has 0 radical (unpaired) electrons. The Balaban J connectivity index is 3.51. The Morgan fingerprint density at radius 3 is 2.20 bits per heavy atom. The molecule has 0 heterocycles. The Labute approximate surface area is 95.8 Å². The lowest BCUT2D eigenvalue weighted by Crippen LogP contribution is -2.18. The maximum absolute atomic E-state index is 9.99. The first kappa shape index (κ1) is 12.3. The molecule has 0 saturated carbocycles. The summed E-state index contributed by atoms with van der Waals surface area (Å²) in [5.74, 6) is 0.750. The molecule has 0 aliphatic carbocycles. The van der Waals surface area contributed by atoms with Gasteiger partial charge in [0.05, 0.1) is 12.7 Å². The van der Waals surface area contributed by atoms with Crippen LogP contribution in [-0.4, -0.2) is 12.2 Å². The molecule has 0 spiro atoms. The van der Waals surface area contributed by atoms with Gasteiger partial charge in [0.2, 0.25) is 0 Å². The highest BCUT2D eigenvalue weighted by Crippen LogP contribution is 2.36. The molecule has 1 N–H and O–H groups in total. The minimum Gasteiger partial charge on any atom is -0.496 e. The third kappa shape index (κ3) is 2.27. The van der Waals surface area contributed by atoms with Crippen molar-refractivity contribution in [2.75, 3.05) is 7.11 Å². The van der Waals surface area contributed by atoms with Gasteiger partial charge < -0.3 is 9.84 Å². The summed E-state index contributed by atoms with van der Waals surface area (Å²) in [5.41, 5.74) is 1.74. The van der Waals surface area contributed by atoms with Crippen molar-refractivity contribution in [1.29, 1.82) is 0 Å². The minimum atomic E-state index is -0.908. The molecule has 0 bridgehead atoms. The third-order valence-corrected chi connectivity index (χ3v) is 2.97. The van der Waals surface area contributed by atoms with Gasteiger partial charge in [0.1, 0.15) is 5.75 Å². The van der Waals surface area contributed by atoms with Crippen LogP contribution in [0.25, 0.3) is 0 Å². The fourth-order valence-electron chi connectivity index (χ4n) is 1.80. The molecular formula is C12H17ClO2. The molecule has 2 nitrogen and oxygen atoms in total. The predicted octanol–water partition coefficient (Wildman–Crippen LogP) is 3.19. The lowest BCUT2D eigenvalue weighted by Gasteiger charge is -2.23. The van der Waals surface area contributed by atoms with E-state index < -0.39 is 5.60 Å². The Morgan fingerprint density at radius 1 is 1.27 bits per heavy atom. The lowest BCUT2D eigenvalue weighted by atomic mass is 9.92. The molecule has 3 heteroatoms. The number of methoxy groups -OCH3 is 1. The second-order valence-corrected chi connectivity index (χ2v) is 4.66. The predicted molar refractivity (Wildman–Crippen MR) is 62.7 cm³/mol. The van der Waals surface area contributed by atoms with Crippen LogP contribution in [0, 0.1) is 13.8 Å². The lowest BCUT2D eigenvalue weighted by molar-refractivity contribution is 0.0776. The first-order chi connectivity index (χ1) is 6.79. The maximum Gasteiger partial charge on any atom is 0.126 e. The van der Waals surface area contributed by atoms with E-state index in [1.165, 1.54) is 0 Å². The van der Waals surface area contributed by atoms with Crippen LogP contribution in [0.5, 0.6) is 5.75 Å². The number of rotatable bonds is 2. The highest BCUT2D eigenvalue weighted by atomic mass is 35.5. The Hall–Kier alpha value is -0.730. The summed E-state index contributed by atoms with van der Waals surface area (Å²) >= 11 is 6.08. The van der Waals surface area contributed by atoms with Crippen molar-refractivity contribution in [3.63, 3.8) is 0 Å². The summed E-state index contributed by atoms with van der Waals surface area (Å²) in [6, 6.07) is 1.80. The number of benzene rings is 1. The van der Waals surface area contributed by atoms with Crippen LogP contribution >= 0.6 is 11.6 Å². The molecule has 1 aromatic carbocycles. The van der Waals surface area contributed by atoms with E-state index in [4.69, 9.17) is 16.3 Å². The normalized spacial score (nSPS) is 11.7. The van der Waals surface area contributed by atoms with E-state index in [1.807, 2.05) is 13.8 Å². The fourth-order valence-corrected chi connectivity index (χ4v) is 1.99. The second kappa shape index (κ2) is 4.03.